The fraction of sp³-hybridized carbons (Fsp3) is 0.368. The standard InChI is InChI=1S/C19H23N3O/c1-14-17(15(2)21(3)20-14)11-12-19(23)22-13-7-10-18(22)16-8-5-4-6-9-16/h4-6,8-9,11-12,18H,7,10,13H2,1-3H3/b12-11+. The van der Waals surface area contributed by atoms with Crippen LogP contribution in [0.2, 0.25) is 0 Å². The molecule has 2 aromatic rings. The van der Waals surface area contributed by atoms with Gasteiger partial charge in [0, 0.05) is 30.9 Å². The van der Waals surface area contributed by atoms with Crippen LogP contribution in [0.25, 0.3) is 6.08 Å². The summed E-state index contributed by atoms with van der Waals surface area (Å²) in [6, 6.07) is 10.5. The fourth-order valence-electron chi connectivity index (χ4n) is 3.33. The van der Waals surface area contributed by atoms with Crippen molar-refractivity contribution in [2.24, 2.45) is 7.05 Å². The molecule has 4 nitrogen and oxygen atoms in total. The van der Waals surface area contributed by atoms with Gasteiger partial charge in [-0.3, -0.25) is 9.48 Å². The maximum atomic E-state index is 12.6. The molecule has 1 aliphatic heterocycles. The Balaban J connectivity index is 1.78. The number of hydrogen-bond donors (Lipinski definition) is 0. The molecule has 1 aromatic heterocycles. The Bertz CT molecular complexity index is 731. The highest BCUT2D eigenvalue weighted by Crippen LogP contribution is 2.32. The summed E-state index contributed by atoms with van der Waals surface area (Å²) in [7, 11) is 1.92. The van der Waals surface area contributed by atoms with Crippen molar-refractivity contribution >= 4 is 12.0 Å². The smallest absolute Gasteiger partial charge is 0.247 e. The van der Waals surface area contributed by atoms with Gasteiger partial charge in [0.05, 0.1) is 11.7 Å². The first-order valence-corrected chi connectivity index (χ1v) is 8.11. The molecule has 0 aliphatic carbocycles. The van der Waals surface area contributed by atoms with Crippen molar-refractivity contribution in [2.75, 3.05) is 6.54 Å². The summed E-state index contributed by atoms with van der Waals surface area (Å²) in [4.78, 5) is 14.6. The molecule has 120 valence electrons. The van der Waals surface area contributed by atoms with Crippen molar-refractivity contribution in [2.45, 2.75) is 32.7 Å². The maximum Gasteiger partial charge on any atom is 0.247 e. The van der Waals surface area contributed by atoms with E-state index in [1.165, 1.54) is 5.56 Å². The summed E-state index contributed by atoms with van der Waals surface area (Å²) < 4.78 is 1.85. The summed E-state index contributed by atoms with van der Waals surface area (Å²) in [5.74, 6) is 0.0824. The second-order valence-corrected chi connectivity index (χ2v) is 6.14. The van der Waals surface area contributed by atoms with E-state index >= 15 is 0 Å². The van der Waals surface area contributed by atoms with E-state index in [4.69, 9.17) is 0 Å². The average molecular weight is 309 g/mol. The van der Waals surface area contributed by atoms with Crippen LogP contribution in [0.1, 0.15) is 41.4 Å². The molecule has 3 rings (SSSR count). The van der Waals surface area contributed by atoms with E-state index < -0.39 is 0 Å². The Morgan fingerprint density at radius 1 is 1.26 bits per heavy atom. The molecule has 1 aliphatic rings. The number of likely N-dealkylation sites (tertiary alicyclic amines) is 1. The zero-order valence-corrected chi connectivity index (χ0v) is 14.0. The minimum Gasteiger partial charge on any atom is -0.332 e. The predicted molar refractivity (Wildman–Crippen MR) is 91.8 cm³/mol. The highest BCUT2D eigenvalue weighted by Gasteiger charge is 2.28. The third-order valence-electron chi connectivity index (χ3n) is 4.68. The van der Waals surface area contributed by atoms with Crippen LogP contribution in [0.4, 0.5) is 0 Å². The highest BCUT2D eigenvalue weighted by atomic mass is 16.2. The molecule has 1 unspecified atom stereocenters. The molecule has 0 saturated carbocycles. The van der Waals surface area contributed by atoms with Crippen molar-refractivity contribution in [3.63, 3.8) is 0 Å². The molecular weight excluding hydrogens is 286 g/mol. The first-order valence-electron chi connectivity index (χ1n) is 8.11. The van der Waals surface area contributed by atoms with Crippen molar-refractivity contribution in [1.29, 1.82) is 0 Å². The number of aromatic nitrogens is 2. The van der Waals surface area contributed by atoms with Gasteiger partial charge in [-0.2, -0.15) is 5.10 Å². The van der Waals surface area contributed by atoms with Gasteiger partial charge in [0.15, 0.2) is 0 Å². The van der Waals surface area contributed by atoms with Crippen LogP contribution in [0.3, 0.4) is 0 Å². The van der Waals surface area contributed by atoms with Crippen LogP contribution >= 0.6 is 0 Å². The molecule has 2 heterocycles. The lowest BCUT2D eigenvalue weighted by Gasteiger charge is -2.23. The number of amides is 1. The van der Waals surface area contributed by atoms with Gasteiger partial charge in [-0.1, -0.05) is 30.3 Å². The van der Waals surface area contributed by atoms with Crippen LogP contribution in [-0.4, -0.2) is 27.1 Å². The third-order valence-corrected chi connectivity index (χ3v) is 4.68. The van der Waals surface area contributed by atoms with Crippen molar-refractivity contribution in [1.82, 2.24) is 14.7 Å². The lowest BCUT2D eigenvalue weighted by molar-refractivity contribution is -0.126. The number of carbonyl (C=O) groups is 1. The Morgan fingerprint density at radius 2 is 2.00 bits per heavy atom. The van der Waals surface area contributed by atoms with E-state index in [1.807, 2.05) is 54.8 Å². The monoisotopic (exact) mass is 309 g/mol. The lowest BCUT2D eigenvalue weighted by atomic mass is 10.0. The Kier molecular flexibility index (Phi) is 4.33. The quantitative estimate of drug-likeness (QED) is 0.815. The normalized spacial score (nSPS) is 18.0. The van der Waals surface area contributed by atoms with Crippen molar-refractivity contribution in [3.8, 4) is 0 Å². The number of nitrogens with zero attached hydrogens (tertiary/aromatic N) is 3. The summed E-state index contributed by atoms with van der Waals surface area (Å²) in [6.07, 6.45) is 5.69. The first-order chi connectivity index (χ1) is 11.1. The van der Waals surface area contributed by atoms with E-state index in [2.05, 4.69) is 17.2 Å². The molecule has 1 atom stereocenters. The maximum absolute atomic E-state index is 12.6. The van der Waals surface area contributed by atoms with Crippen LogP contribution in [-0.2, 0) is 11.8 Å². The van der Waals surface area contributed by atoms with Crippen LogP contribution < -0.4 is 0 Å². The van der Waals surface area contributed by atoms with Crippen LogP contribution in [0, 0.1) is 13.8 Å². The second kappa shape index (κ2) is 6.41. The van der Waals surface area contributed by atoms with Crippen LogP contribution in [0.15, 0.2) is 36.4 Å². The summed E-state index contributed by atoms with van der Waals surface area (Å²) >= 11 is 0. The van der Waals surface area contributed by atoms with E-state index in [1.54, 1.807) is 6.08 Å². The molecule has 1 amide bonds. The Labute approximate surface area is 137 Å². The molecule has 1 fully saturated rings. The highest BCUT2D eigenvalue weighted by molar-refractivity contribution is 5.92. The zero-order chi connectivity index (χ0) is 16.4. The molecule has 1 saturated heterocycles. The second-order valence-electron chi connectivity index (χ2n) is 6.14. The van der Waals surface area contributed by atoms with E-state index in [9.17, 15) is 4.79 Å². The molecule has 23 heavy (non-hydrogen) atoms. The van der Waals surface area contributed by atoms with E-state index in [-0.39, 0.29) is 11.9 Å². The van der Waals surface area contributed by atoms with E-state index in [0.717, 1.165) is 36.3 Å². The van der Waals surface area contributed by atoms with Gasteiger partial charge >= 0.3 is 0 Å². The molecule has 0 spiro atoms. The number of carbonyl (C=O) groups excluding carboxylic acids is 1. The molecule has 1 aromatic carbocycles. The van der Waals surface area contributed by atoms with Crippen LogP contribution in [0.5, 0.6) is 0 Å². The van der Waals surface area contributed by atoms with Gasteiger partial charge in [0.1, 0.15) is 0 Å². The van der Waals surface area contributed by atoms with Gasteiger partial charge in [0.2, 0.25) is 5.91 Å². The molecular formula is C19H23N3O. The lowest BCUT2D eigenvalue weighted by Crippen LogP contribution is -2.28. The SMILES string of the molecule is Cc1nn(C)c(C)c1/C=C/C(=O)N1CCCC1c1ccccc1. The number of rotatable bonds is 3. The van der Waals surface area contributed by atoms with E-state index in [0.29, 0.717) is 0 Å². The molecule has 0 bridgehead atoms. The molecule has 4 heteroatoms. The van der Waals surface area contributed by atoms with Gasteiger partial charge in [-0.05, 0) is 38.3 Å². The molecule has 0 radical (unpaired) electrons. The topological polar surface area (TPSA) is 38.1 Å². The third kappa shape index (κ3) is 3.07. The Hall–Kier alpha value is -2.36. The minimum atomic E-state index is 0.0824. The summed E-state index contributed by atoms with van der Waals surface area (Å²) in [6.45, 7) is 4.82. The van der Waals surface area contributed by atoms with Crippen molar-refractivity contribution in [3.05, 3.63) is 58.9 Å². The summed E-state index contributed by atoms with van der Waals surface area (Å²) in [5.41, 5.74) is 4.29. The first kappa shape index (κ1) is 15.5. The molecule has 0 N–H and O–H groups in total. The largest absolute Gasteiger partial charge is 0.332 e. The van der Waals surface area contributed by atoms with Gasteiger partial charge < -0.3 is 4.90 Å². The average Bonchev–Trinajstić information content (AvgIpc) is 3.13. The summed E-state index contributed by atoms with van der Waals surface area (Å²) in [5, 5.41) is 4.39. The number of hydrogen-bond acceptors (Lipinski definition) is 2. The predicted octanol–water partition coefficient (Wildman–Crippen LogP) is 3.41. The zero-order valence-electron chi connectivity index (χ0n) is 14.0. The Morgan fingerprint density at radius 3 is 2.65 bits per heavy atom. The number of benzene rings is 1. The van der Waals surface area contributed by atoms with Gasteiger partial charge in [-0.25, -0.2) is 0 Å². The fourth-order valence-corrected chi connectivity index (χ4v) is 3.33. The van der Waals surface area contributed by atoms with Gasteiger partial charge in [-0.15, -0.1) is 0 Å². The van der Waals surface area contributed by atoms with Crippen molar-refractivity contribution < 1.29 is 4.79 Å². The van der Waals surface area contributed by atoms with Gasteiger partial charge in [0.25, 0.3) is 0 Å². The number of aryl methyl sites for hydroxylation is 2. The minimum absolute atomic E-state index is 0.0824.